The summed E-state index contributed by atoms with van der Waals surface area (Å²) in [5.74, 6) is 0.518. The van der Waals surface area contributed by atoms with Crippen molar-refractivity contribution in [3.8, 4) is 5.75 Å². The number of hydrogen-bond donors (Lipinski definition) is 2. The maximum Gasteiger partial charge on any atom is 0.251 e. The Labute approximate surface area is 134 Å². The summed E-state index contributed by atoms with van der Waals surface area (Å²) in [4.78, 5) is 13.1. The fourth-order valence-electron chi connectivity index (χ4n) is 2.88. The Morgan fingerprint density at radius 1 is 1.27 bits per heavy atom. The highest BCUT2D eigenvalue weighted by Gasteiger charge is 2.23. The Morgan fingerprint density at radius 3 is 2.68 bits per heavy atom. The van der Waals surface area contributed by atoms with Crippen molar-refractivity contribution in [2.75, 3.05) is 12.4 Å². The van der Waals surface area contributed by atoms with Crippen LogP contribution in [0.1, 0.15) is 39.2 Å². The first-order valence-electron chi connectivity index (χ1n) is 7.50. The van der Waals surface area contributed by atoms with Crippen LogP contribution in [0.4, 0.5) is 5.00 Å². The molecule has 1 aliphatic rings. The number of methoxy groups -OCH3 is 1. The first-order chi connectivity index (χ1) is 10.7. The average molecular weight is 316 g/mol. The lowest BCUT2D eigenvalue weighted by molar-refractivity contribution is 0.100. The number of carbonyl (C=O) groups excluding carboxylic acids is 1. The molecule has 0 spiro atoms. The molecule has 1 heterocycles. The summed E-state index contributed by atoms with van der Waals surface area (Å²) < 4.78 is 5.16. The molecule has 0 atom stereocenters. The van der Waals surface area contributed by atoms with Crippen molar-refractivity contribution >= 4 is 22.2 Å². The van der Waals surface area contributed by atoms with Crippen LogP contribution in [0.25, 0.3) is 0 Å². The maximum atomic E-state index is 11.8. The van der Waals surface area contributed by atoms with E-state index in [-0.39, 0.29) is 5.91 Å². The fraction of sp³-hybridized carbons (Fsp3) is 0.353. The third-order valence-electron chi connectivity index (χ3n) is 4.03. The van der Waals surface area contributed by atoms with Crippen molar-refractivity contribution in [1.29, 1.82) is 0 Å². The van der Waals surface area contributed by atoms with Crippen molar-refractivity contribution in [2.45, 2.75) is 32.2 Å². The molecule has 0 bridgehead atoms. The molecule has 5 heteroatoms. The van der Waals surface area contributed by atoms with E-state index in [1.54, 1.807) is 18.4 Å². The number of primary amides is 1. The molecule has 1 aromatic heterocycles. The van der Waals surface area contributed by atoms with Gasteiger partial charge in [-0.25, -0.2) is 0 Å². The Hall–Kier alpha value is -2.01. The van der Waals surface area contributed by atoms with Gasteiger partial charge >= 0.3 is 0 Å². The minimum absolute atomic E-state index is 0.323. The van der Waals surface area contributed by atoms with E-state index in [1.165, 1.54) is 16.9 Å². The number of thiophene rings is 1. The number of anilines is 1. The van der Waals surface area contributed by atoms with Gasteiger partial charge in [0.25, 0.3) is 5.91 Å². The van der Waals surface area contributed by atoms with Crippen molar-refractivity contribution in [3.63, 3.8) is 0 Å². The van der Waals surface area contributed by atoms with Gasteiger partial charge in [0.2, 0.25) is 0 Å². The predicted molar refractivity (Wildman–Crippen MR) is 89.8 cm³/mol. The molecular formula is C17H20N2O2S. The molecule has 1 amide bonds. The van der Waals surface area contributed by atoms with E-state index < -0.39 is 0 Å². The number of carbonyl (C=O) groups is 1. The van der Waals surface area contributed by atoms with Crippen molar-refractivity contribution in [2.24, 2.45) is 5.73 Å². The van der Waals surface area contributed by atoms with Gasteiger partial charge in [0.05, 0.1) is 12.7 Å². The van der Waals surface area contributed by atoms with Gasteiger partial charge in [0.15, 0.2) is 0 Å². The molecule has 1 aliphatic carbocycles. The number of rotatable bonds is 5. The molecule has 0 saturated heterocycles. The first kappa shape index (κ1) is 14.9. The van der Waals surface area contributed by atoms with Crippen molar-refractivity contribution in [1.82, 2.24) is 0 Å². The van der Waals surface area contributed by atoms with Crippen molar-refractivity contribution < 1.29 is 9.53 Å². The van der Waals surface area contributed by atoms with Gasteiger partial charge in [0, 0.05) is 11.4 Å². The molecular weight excluding hydrogens is 296 g/mol. The number of benzene rings is 1. The summed E-state index contributed by atoms with van der Waals surface area (Å²) >= 11 is 1.68. The van der Waals surface area contributed by atoms with Gasteiger partial charge in [-0.05, 0) is 48.9 Å². The topological polar surface area (TPSA) is 64.3 Å². The molecule has 1 aromatic carbocycles. The van der Waals surface area contributed by atoms with Gasteiger partial charge < -0.3 is 15.8 Å². The molecule has 0 unspecified atom stereocenters. The summed E-state index contributed by atoms with van der Waals surface area (Å²) in [5, 5.41) is 4.29. The lowest BCUT2D eigenvalue weighted by Gasteiger charge is -2.11. The second-order valence-corrected chi connectivity index (χ2v) is 6.59. The minimum atomic E-state index is -0.323. The highest BCUT2D eigenvalue weighted by Crippen LogP contribution is 2.38. The van der Waals surface area contributed by atoms with Crippen LogP contribution in [0.5, 0.6) is 5.75 Å². The van der Waals surface area contributed by atoms with Gasteiger partial charge in [-0.15, -0.1) is 11.3 Å². The Bertz CT molecular complexity index is 677. The number of aryl methyl sites for hydroxylation is 1. The zero-order valence-corrected chi connectivity index (χ0v) is 13.5. The largest absolute Gasteiger partial charge is 0.497 e. The van der Waals surface area contributed by atoms with Crippen LogP contribution in [0.15, 0.2) is 24.3 Å². The Morgan fingerprint density at radius 2 is 2.00 bits per heavy atom. The lowest BCUT2D eigenvalue weighted by Crippen LogP contribution is -2.16. The zero-order valence-electron chi connectivity index (χ0n) is 12.6. The highest BCUT2D eigenvalue weighted by molar-refractivity contribution is 7.16. The Balaban J connectivity index is 1.79. The molecule has 3 rings (SSSR count). The van der Waals surface area contributed by atoms with Crippen LogP contribution in [-0.4, -0.2) is 13.0 Å². The maximum absolute atomic E-state index is 11.8. The average Bonchev–Trinajstić information content (AvgIpc) is 2.92. The molecule has 0 aliphatic heterocycles. The van der Waals surface area contributed by atoms with E-state index in [9.17, 15) is 4.79 Å². The summed E-state index contributed by atoms with van der Waals surface area (Å²) in [7, 11) is 1.66. The van der Waals surface area contributed by atoms with E-state index in [1.807, 2.05) is 24.3 Å². The molecule has 0 radical (unpaired) electrons. The van der Waals surface area contributed by atoms with E-state index in [0.29, 0.717) is 12.1 Å². The molecule has 4 nitrogen and oxygen atoms in total. The number of hydrogen-bond acceptors (Lipinski definition) is 4. The molecule has 0 saturated carbocycles. The molecule has 3 N–H and O–H groups in total. The number of fused-ring (bicyclic) bond motifs is 1. The van der Waals surface area contributed by atoms with E-state index >= 15 is 0 Å². The Kier molecular flexibility index (Phi) is 4.34. The van der Waals surface area contributed by atoms with Gasteiger partial charge in [-0.2, -0.15) is 0 Å². The number of ether oxygens (including phenoxy) is 1. The summed E-state index contributed by atoms with van der Waals surface area (Å²) in [5.41, 5.74) is 8.61. The SMILES string of the molecule is COc1ccc(CNc2sc3c(c2C(N)=O)CCCC3)cc1. The fourth-order valence-corrected chi connectivity index (χ4v) is 4.17. The predicted octanol–water partition coefficient (Wildman–Crippen LogP) is 3.35. The van der Waals surface area contributed by atoms with Gasteiger partial charge in [-0.1, -0.05) is 12.1 Å². The van der Waals surface area contributed by atoms with Crippen LogP contribution >= 0.6 is 11.3 Å². The smallest absolute Gasteiger partial charge is 0.251 e. The quantitative estimate of drug-likeness (QED) is 0.889. The molecule has 0 fully saturated rings. The van der Waals surface area contributed by atoms with Crippen LogP contribution in [0.3, 0.4) is 0 Å². The summed E-state index contributed by atoms with van der Waals surface area (Å²) in [6, 6.07) is 7.91. The van der Waals surface area contributed by atoms with E-state index in [4.69, 9.17) is 10.5 Å². The molecule has 116 valence electrons. The van der Waals surface area contributed by atoms with E-state index in [0.717, 1.165) is 35.6 Å². The van der Waals surface area contributed by atoms with Crippen LogP contribution in [0, 0.1) is 0 Å². The highest BCUT2D eigenvalue weighted by atomic mass is 32.1. The summed E-state index contributed by atoms with van der Waals surface area (Å²) in [6.07, 6.45) is 4.37. The van der Waals surface area contributed by atoms with Crippen molar-refractivity contribution in [3.05, 3.63) is 45.8 Å². The second-order valence-electron chi connectivity index (χ2n) is 5.48. The standard InChI is InChI=1S/C17H20N2O2S/c1-21-12-8-6-11(7-9-12)10-19-17-15(16(18)20)13-4-2-3-5-14(13)22-17/h6-9,19H,2-5,10H2,1H3,(H2,18,20). The first-order valence-corrected chi connectivity index (χ1v) is 8.32. The monoisotopic (exact) mass is 316 g/mol. The third kappa shape index (κ3) is 2.95. The van der Waals surface area contributed by atoms with Crippen LogP contribution in [0.2, 0.25) is 0 Å². The van der Waals surface area contributed by atoms with Gasteiger partial charge in [0.1, 0.15) is 10.8 Å². The number of nitrogens with two attached hydrogens (primary N) is 1. The lowest BCUT2D eigenvalue weighted by atomic mass is 9.95. The normalized spacial score (nSPS) is 13.5. The molecule has 2 aromatic rings. The number of nitrogens with one attached hydrogen (secondary N) is 1. The van der Waals surface area contributed by atoms with Gasteiger partial charge in [-0.3, -0.25) is 4.79 Å². The third-order valence-corrected chi connectivity index (χ3v) is 5.28. The molecule has 22 heavy (non-hydrogen) atoms. The van der Waals surface area contributed by atoms with Crippen LogP contribution < -0.4 is 15.8 Å². The second kappa shape index (κ2) is 6.40. The summed E-state index contributed by atoms with van der Waals surface area (Å²) in [6.45, 7) is 0.670. The minimum Gasteiger partial charge on any atom is -0.497 e. The zero-order chi connectivity index (χ0) is 15.5. The number of amides is 1. The van der Waals surface area contributed by atoms with E-state index in [2.05, 4.69) is 5.32 Å². The van der Waals surface area contributed by atoms with Crippen LogP contribution in [-0.2, 0) is 19.4 Å².